The Labute approximate surface area is 86.0 Å². The quantitative estimate of drug-likeness (QED) is 0.382. The highest BCUT2D eigenvalue weighted by Crippen LogP contribution is 1.97. The summed E-state index contributed by atoms with van der Waals surface area (Å²) in [4.78, 5) is 11.0. The van der Waals surface area contributed by atoms with E-state index < -0.39 is 0 Å². The molecule has 0 aliphatic heterocycles. The molecule has 0 saturated carbocycles. The summed E-state index contributed by atoms with van der Waals surface area (Å²) in [5.74, 6) is -0.149. The van der Waals surface area contributed by atoms with Gasteiger partial charge in [0.25, 0.3) is 0 Å². The van der Waals surface area contributed by atoms with Crippen molar-refractivity contribution < 1.29 is 9.53 Å². The zero-order chi connectivity index (χ0) is 11.0. The molecule has 2 nitrogen and oxygen atoms in total. The molecule has 0 aromatic rings. The van der Waals surface area contributed by atoms with Crippen molar-refractivity contribution in [3.05, 3.63) is 29.5 Å². The molecule has 0 fully saturated rings. The Bertz CT molecular complexity index is 268. The first kappa shape index (κ1) is 12.7. The molecule has 0 aromatic carbocycles. The summed E-state index contributed by atoms with van der Waals surface area (Å²) in [5.41, 5.74) is 4.83. The van der Waals surface area contributed by atoms with Gasteiger partial charge in [0.1, 0.15) is 6.61 Å². The van der Waals surface area contributed by atoms with Gasteiger partial charge in [-0.1, -0.05) is 19.1 Å². The lowest BCUT2D eigenvalue weighted by atomic mass is 10.3. The third kappa shape index (κ3) is 7.38. The summed E-state index contributed by atoms with van der Waals surface area (Å²) in [6, 6.07) is 0. The van der Waals surface area contributed by atoms with Gasteiger partial charge in [0.2, 0.25) is 0 Å². The van der Waals surface area contributed by atoms with Gasteiger partial charge in [0, 0.05) is 12.0 Å². The molecule has 2 heteroatoms. The zero-order valence-corrected chi connectivity index (χ0v) is 9.22. The molecule has 0 amide bonds. The Kier molecular flexibility index (Phi) is 6.51. The Morgan fingerprint density at radius 2 is 2.14 bits per heavy atom. The Morgan fingerprint density at radius 1 is 1.50 bits per heavy atom. The first-order valence-electron chi connectivity index (χ1n) is 4.79. The van der Waals surface area contributed by atoms with Crippen LogP contribution in [0.2, 0.25) is 0 Å². The number of esters is 1. The number of carbonyl (C=O) groups excluding carboxylic acids is 1. The van der Waals surface area contributed by atoms with Crippen LogP contribution in [0.1, 0.15) is 33.6 Å². The van der Waals surface area contributed by atoms with Crippen molar-refractivity contribution in [2.75, 3.05) is 6.61 Å². The minimum Gasteiger partial charge on any atom is -0.460 e. The van der Waals surface area contributed by atoms with E-state index in [1.807, 2.05) is 20.8 Å². The van der Waals surface area contributed by atoms with E-state index in [9.17, 15) is 4.79 Å². The van der Waals surface area contributed by atoms with E-state index in [4.69, 9.17) is 4.74 Å². The average molecular weight is 194 g/mol. The molecule has 0 aliphatic carbocycles. The summed E-state index contributed by atoms with van der Waals surface area (Å²) >= 11 is 0. The molecule has 0 aromatic heterocycles. The lowest BCUT2D eigenvalue weighted by molar-refractivity contribution is -0.142. The third-order valence-corrected chi connectivity index (χ3v) is 1.47. The van der Waals surface area contributed by atoms with Gasteiger partial charge >= 0.3 is 5.97 Å². The molecule has 0 spiro atoms. The highest BCUT2D eigenvalue weighted by molar-refractivity contribution is 5.69. The summed E-state index contributed by atoms with van der Waals surface area (Å²) in [6.07, 6.45) is 3.09. The first-order valence-corrected chi connectivity index (χ1v) is 4.79. The van der Waals surface area contributed by atoms with Gasteiger partial charge in [-0.3, -0.25) is 4.79 Å². The maximum Gasteiger partial charge on any atom is 0.306 e. The Balaban J connectivity index is 3.96. The molecule has 0 unspecified atom stereocenters. The molecule has 0 rings (SSSR count). The summed E-state index contributed by atoms with van der Waals surface area (Å²) in [6.45, 7) is 9.75. The van der Waals surface area contributed by atoms with Crippen LogP contribution in [0, 0.1) is 0 Å². The van der Waals surface area contributed by atoms with Crippen molar-refractivity contribution in [2.24, 2.45) is 0 Å². The van der Waals surface area contributed by atoms with Crippen LogP contribution in [-0.4, -0.2) is 12.6 Å². The molecule has 0 atom stereocenters. The number of rotatable bonds is 5. The molecular formula is C12H18O2. The van der Waals surface area contributed by atoms with Crippen molar-refractivity contribution >= 4 is 5.97 Å². The van der Waals surface area contributed by atoms with E-state index >= 15 is 0 Å². The van der Waals surface area contributed by atoms with Crippen LogP contribution in [0.3, 0.4) is 0 Å². The highest BCUT2D eigenvalue weighted by atomic mass is 16.5. The SMILES string of the molecule is C=C(C)C=C=C(C)COC(=O)CCC. The van der Waals surface area contributed by atoms with Crippen molar-refractivity contribution in [3.8, 4) is 0 Å². The molecule has 14 heavy (non-hydrogen) atoms. The third-order valence-electron chi connectivity index (χ3n) is 1.47. The minimum atomic E-state index is -0.149. The molecule has 0 radical (unpaired) electrons. The van der Waals surface area contributed by atoms with E-state index in [0.29, 0.717) is 13.0 Å². The van der Waals surface area contributed by atoms with Crippen LogP contribution in [0.15, 0.2) is 29.5 Å². The lowest BCUT2D eigenvalue weighted by Crippen LogP contribution is -2.05. The summed E-state index contributed by atoms with van der Waals surface area (Å²) < 4.78 is 4.99. The van der Waals surface area contributed by atoms with Gasteiger partial charge in [-0.05, 0) is 26.3 Å². The number of hydrogen-bond donors (Lipinski definition) is 0. The summed E-state index contributed by atoms with van der Waals surface area (Å²) in [7, 11) is 0. The van der Waals surface area contributed by atoms with Gasteiger partial charge in [-0.2, -0.15) is 0 Å². The fourth-order valence-corrected chi connectivity index (χ4v) is 0.753. The Hall–Kier alpha value is -1.27. The van der Waals surface area contributed by atoms with Crippen molar-refractivity contribution in [2.45, 2.75) is 33.6 Å². The molecule has 0 N–H and O–H groups in total. The van der Waals surface area contributed by atoms with E-state index in [-0.39, 0.29) is 5.97 Å². The average Bonchev–Trinajstić information content (AvgIpc) is 2.12. The molecule has 0 heterocycles. The zero-order valence-electron chi connectivity index (χ0n) is 9.22. The highest BCUT2D eigenvalue weighted by Gasteiger charge is 1.99. The minimum absolute atomic E-state index is 0.149. The van der Waals surface area contributed by atoms with Crippen molar-refractivity contribution in [1.29, 1.82) is 0 Å². The van der Waals surface area contributed by atoms with Crippen molar-refractivity contribution in [1.82, 2.24) is 0 Å². The second kappa shape index (κ2) is 7.16. The number of allylic oxidation sites excluding steroid dienone is 1. The van der Waals surface area contributed by atoms with Crippen LogP contribution in [-0.2, 0) is 9.53 Å². The fraction of sp³-hybridized carbons (Fsp3) is 0.500. The van der Waals surface area contributed by atoms with Crippen LogP contribution in [0.25, 0.3) is 0 Å². The van der Waals surface area contributed by atoms with Gasteiger partial charge in [0.05, 0.1) is 0 Å². The number of ether oxygens (including phenoxy) is 1. The maximum atomic E-state index is 11.0. The predicted molar refractivity (Wildman–Crippen MR) is 58.0 cm³/mol. The smallest absolute Gasteiger partial charge is 0.306 e. The van der Waals surface area contributed by atoms with E-state index in [0.717, 1.165) is 17.6 Å². The van der Waals surface area contributed by atoms with Crippen LogP contribution >= 0.6 is 0 Å². The first-order chi connectivity index (χ1) is 6.56. The van der Waals surface area contributed by atoms with Gasteiger partial charge in [-0.25, -0.2) is 0 Å². The summed E-state index contributed by atoms with van der Waals surface area (Å²) in [5, 5.41) is 0. The lowest BCUT2D eigenvalue weighted by Gasteiger charge is -2.01. The normalized spacial score (nSPS) is 8.79. The number of carbonyl (C=O) groups is 1. The second-order valence-electron chi connectivity index (χ2n) is 3.33. The van der Waals surface area contributed by atoms with E-state index in [1.165, 1.54) is 0 Å². The van der Waals surface area contributed by atoms with Crippen LogP contribution in [0.4, 0.5) is 0 Å². The Morgan fingerprint density at radius 3 is 2.64 bits per heavy atom. The molecular weight excluding hydrogens is 176 g/mol. The molecule has 0 saturated heterocycles. The van der Waals surface area contributed by atoms with Gasteiger partial charge < -0.3 is 4.74 Å². The van der Waals surface area contributed by atoms with Crippen LogP contribution < -0.4 is 0 Å². The van der Waals surface area contributed by atoms with Crippen molar-refractivity contribution in [3.63, 3.8) is 0 Å². The number of hydrogen-bond acceptors (Lipinski definition) is 2. The fourth-order valence-electron chi connectivity index (χ4n) is 0.753. The predicted octanol–water partition coefficient (Wildman–Crippen LogP) is 3.01. The standard InChI is InChI=1S/C12H18O2/c1-5-6-12(13)14-9-11(4)8-7-10(2)3/h7H,2,5-6,9H2,1,3-4H3. The topological polar surface area (TPSA) is 26.3 Å². The molecule has 0 aliphatic rings. The van der Waals surface area contributed by atoms with E-state index in [1.54, 1.807) is 6.08 Å². The van der Waals surface area contributed by atoms with Crippen LogP contribution in [0.5, 0.6) is 0 Å². The van der Waals surface area contributed by atoms with E-state index in [2.05, 4.69) is 12.3 Å². The second-order valence-corrected chi connectivity index (χ2v) is 3.33. The maximum absolute atomic E-state index is 11.0. The molecule has 78 valence electrons. The molecule has 0 bridgehead atoms. The monoisotopic (exact) mass is 194 g/mol. The van der Waals surface area contributed by atoms with Gasteiger partial charge in [-0.15, -0.1) is 5.73 Å². The van der Waals surface area contributed by atoms with Gasteiger partial charge in [0.15, 0.2) is 0 Å². The largest absolute Gasteiger partial charge is 0.460 e.